The number of rotatable bonds is 9. The summed E-state index contributed by atoms with van der Waals surface area (Å²) in [6.07, 6.45) is 0. The average molecular weight is 498 g/mol. The van der Waals surface area contributed by atoms with Gasteiger partial charge >= 0.3 is 0 Å². The summed E-state index contributed by atoms with van der Waals surface area (Å²) in [4.78, 5) is 12.3. The molecule has 2 aromatic carbocycles. The van der Waals surface area contributed by atoms with Gasteiger partial charge in [0, 0.05) is 25.5 Å². The van der Waals surface area contributed by atoms with E-state index in [1.807, 2.05) is 0 Å². The second kappa shape index (κ2) is 10.3. The van der Waals surface area contributed by atoms with Gasteiger partial charge in [-0.25, -0.2) is 17.1 Å². The number of aromatic nitrogens is 2. The highest BCUT2D eigenvalue weighted by atomic mass is 32.2. The zero-order valence-electron chi connectivity index (χ0n) is 17.3. The number of halogens is 1. The largest absolute Gasteiger partial charge is 0.495 e. The molecule has 9 nitrogen and oxygen atoms in total. The molecule has 1 amide bonds. The van der Waals surface area contributed by atoms with Gasteiger partial charge < -0.3 is 15.4 Å². The van der Waals surface area contributed by atoms with Crippen molar-refractivity contribution in [1.29, 1.82) is 0 Å². The minimum atomic E-state index is -3.75. The Kier molecular flexibility index (Phi) is 7.66. The average Bonchev–Trinajstić information content (AvgIpc) is 3.19. The van der Waals surface area contributed by atoms with E-state index < -0.39 is 10.0 Å². The van der Waals surface area contributed by atoms with E-state index in [9.17, 15) is 17.6 Å². The number of carbonyl (C=O) groups is 1. The summed E-state index contributed by atoms with van der Waals surface area (Å²) < 4.78 is 45.0. The number of sulfonamides is 1. The molecule has 32 heavy (non-hydrogen) atoms. The Bertz CT molecular complexity index is 1220. The van der Waals surface area contributed by atoms with Crippen LogP contribution in [0.25, 0.3) is 0 Å². The zero-order valence-corrected chi connectivity index (χ0v) is 19.8. The predicted molar refractivity (Wildman–Crippen MR) is 123 cm³/mol. The lowest BCUT2D eigenvalue weighted by atomic mass is 10.3. The Morgan fingerprint density at radius 3 is 2.66 bits per heavy atom. The molecule has 13 heteroatoms. The lowest BCUT2D eigenvalue weighted by molar-refractivity contribution is -0.113. The number of hydrogen-bond donors (Lipinski definition) is 2. The summed E-state index contributed by atoms with van der Waals surface area (Å²) in [5, 5.41) is 14.1. The molecular weight excluding hydrogens is 477 g/mol. The number of ether oxygens (including phenoxy) is 1. The van der Waals surface area contributed by atoms with Crippen LogP contribution in [0.3, 0.4) is 0 Å². The van der Waals surface area contributed by atoms with E-state index in [1.165, 1.54) is 68.6 Å². The first kappa shape index (κ1) is 23.9. The smallest absolute Gasteiger partial charge is 0.246 e. The lowest BCUT2D eigenvalue weighted by Gasteiger charge is -2.15. The maximum atomic E-state index is 13.3. The van der Waals surface area contributed by atoms with Gasteiger partial charge in [0.2, 0.25) is 21.1 Å². The Morgan fingerprint density at radius 1 is 1.19 bits per heavy atom. The molecule has 0 aliphatic heterocycles. The van der Waals surface area contributed by atoms with Crippen molar-refractivity contribution in [2.24, 2.45) is 0 Å². The number of methoxy groups -OCH3 is 1. The second-order valence-electron chi connectivity index (χ2n) is 6.50. The molecule has 0 spiro atoms. The highest BCUT2D eigenvalue weighted by Crippen LogP contribution is 2.30. The van der Waals surface area contributed by atoms with E-state index >= 15 is 0 Å². The molecule has 0 atom stereocenters. The molecule has 0 saturated carbocycles. The molecule has 0 aliphatic rings. The van der Waals surface area contributed by atoms with Crippen LogP contribution in [0.5, 0.6) is 5.75 Å². The van der Waals surface area contributed by atoms with E-state index in [0.717, 1.165) is 4.31 Å². The number of benzene rings is 2. The highest BCUT2D eigenvalue weighted by Gasteiger charge is 2.23. The van der Waals surface area contributed by atoms with Crippen molar-refractivity contribution in [2.75, 3.05) is 37.6 Å². The van der Waals surface area contributed by atoms with Crippen molar-refractivity contribution in [3.63, 3.8) is 0 Å². The lowest BCUT2D eigenvalue weighted by Crippen LogP contribution is -2.23. The van der Waals surface area contributed by atoms with Gasteiger partial charge in [-0.15, -0.1) is 10.2 Å². The topological polar surface area (TPSA) is 114 Å². The van der Waals surface area contributed by atoms with Crippen molar-refractivity contribution < 1.29 is 22.3 Å². The molecule has 0 radical (unpaired) electrons. The Labute approximate surface area is 193 Å². The number of thioether (sulfide) groups is 1. The van der Waals surface area contributed by atoms with Crippen molar-refractivity contribution in [2.45, 2.75) is 9.24 Å². The third kappa shape index (κ3) is 5.94. The molecular formula is C19H20FN5O4S3. The SMILES string of the molecule is COc1ccc(NC(=O)CSc2nnc(Nc3cccc(F)c3)s2)cc1S(=O)(=O)N(C)C. The maximum Gasteiger partial charge on any atom is 0.246 e. The minimum absolute atomic E-state index is 0.0381. The number of carbonyl (C=O) groups excluding carboxylic acids is 1. The van der Waals surface area contributed by atoms with Crippen LogP contribution >= 0.6 is 23.1 Å². The molecule has 1 aromatic heterocycles. The van der Waals surface area contributed by atoms with Gasteiger partial charge in [-0.05, 0) is 36.4 Å². The van der Waals surface area contributed by atoms with Gasteiger partial charge in [-0.3, -0.25) is 4.79 Å². The van der Waals surface area contributed by atoms with E-state index in [1.54, 1.807) is 18.2 Å². The number of amides is 1. The molecule has 1 heterocycles. The molecule has 0 unspecified atom stereocenters. The van der Waals surface area contributed by atoms with Gasteiger partial charge in [0.1, 0.15) is 16.5 Å². The summed E-state index contributed by atoms with van der Waals surface area (Å²) in [7, 11) is 0.445. The first-order chi connectivity index (χ1) is 15.2. The van der Waals surface area contributed by atoms with Crippen LogP contribution in [0.2, 0.25) is 0 Å². The minimum Gasteiger partial charge on any atom is -0.495 e. The van der Waals surface area contributed by atoms with Crippen LogP contribution in [0.4, 0.5) is 20.9 Å². The fourth-order valence-electron chi connectivity index (χ4n) is 2.49. The normalized spacial score (nSPS) is 11.4. The quantitative estimate of drug-likeness (QED) is 0.433. The first-order valence-corrected chi connectivity index (χ1v) is 12.3. The van der Waals surface area contributed by atoms with Crippen LogP contribution < -0.4 is 15.4 Å². The van der Waals surface area contributed by atoms with Crippen molar-refractivity contribution >= 4 is 55.5 Å². The predicted octanol–water partition coefficient (Wildman–Crippen LogP) is 3.41. The summed E-state index contributed by atoms with van der Waals surface area (Å²) in [6, 6.07) is 10.3. The third-order valence-corrected chi connectivity index (χ3v) is 7.82. The van der Waals surface area contributed by atoms with E-state index in [4.69, 9.17) is 4.74 Å². The summed E-state index contributed by atoms with van der Waals surface area (Å²) in [6.45, 7) is 0. The van der Waals surface area contributed by atoms with E-state index in [-0.39, 0.29) is 28.1 Å². The Balaban J connectivity index is 1.61. The molecule has 3 rings (SSSR count). The molecule has 0 bridgehead atoms. The molecule has 0 fully saturated rings. The van der Waals surface area contributed by atoms with Gasteiger partial charge in [0.05, 0.1) is 12.9 Å². The zero-order chi connectivity index (χ0) is 23.3. The van der Waals surface area contributed by atoms with Crippen molar-refractivity contribution in [3.05, 3.63) is 48.3 Å². The molecule has 2 N–H and O–H groups in total. The molecule has 0 aliphatic carbocycles. The maximum absolute atomic E-state index is 13.3. The number of nitrogens with one attached hydrogen (secondary N) is 2. The first-order valence-electron chi connectivity index (χ1n) is 9.08. The van der Waals surface area contributed by atoms with Gasteiger partial charge in [0.15, 0.2) is 4.34 Å². The van der Waals surface area contributed by atoms with E-state index in [2.05, 4.69) is 20.8 Å². The molecule has 0 saturated heterocycles. The summed E-state index contributed by atoms with van der Waals surface area (Å²) in [5.41, 5.74) is 0.862. The number of nitrogens with zero attached hydrogens (tertiary/aromatic N) is 3. The van der Waals surface area contributed by atoms with Crippen molar-refractivity contribution in [3.8, 4) is 5.75 Å². The summed E-state index contributed by atoms with van der Waals surface area (Å²) >= 11 is 2.39. The van der Waals surface area contributed by atoms with Gasteiger partial charge in [-0.2, -0.15) is 0 Å². The number of hydrogen-bond acceptors (Lipinski definition) is 9. The van der Waals surface area contributed by atoms with Crippen LogP contribution in [0.1, 0.15) is 0 Å². The second-order valence-corrected chi connectivity index (χ2v) is 10.8. The van der Waals surface area contributed by atoms with Gasteiger partial charge in [0.25, 0.3) is 0 Å². The molecule has 170 valence electrons. The van der Waals surface area contributed by atoms with Crippen LogP contribution in [0.15, 0.2) is 51.7 Å². The monoisotopic (exact) mass is 497 g/mol. The van der Waals surface area contributed by atoms with Crippen LogP contribution in [-0.2, 0) is 14.8 Å². The van der Waals surface area contributed by atoms with Crippen LogP contribution in [-0.4, -0.2) is 55.8 Å². The number of anilines is 3. The Morgan fingerprint density at radius 2 is 1.97 bits per heavy atom. The fourth-order valence-corrected chi connectivity index (χ4v) is 5.13. The van der Waals surface area contributed by atoms with Crippen LogP contribution in [0, 0.1) is 5.82 Å². The summed E-state index contributed by atoms with van der Waals surface area (Å²) in [5.74, 6) is -0.497. The Hall–Kier alpha value is -2.74. The molecule has 3 aromatic rings. The van der Waals surface area contributed by atoms with Crippen molar-refractivity contribution in [1.82, 2.24) is 14.5 Å². The third-order valence-electron chi connectivity index (χ3n) is 4.02. The fraction of sp³-hybridized carbons (Fsp3) is 0.211. The van der Waals surface area contributed by atoms with E-state index in [0.29, 0.717) is 20.8 Å². The highest BCUT2D eigenvalue weighted by molar-refractivity contribution is 8.01. The van der Waals surface area contributed by atoms with Gasteiger partial charge in [-0.1, -0.05) is 29.2 Å². The standard InChI is InChI=1S/C19H20FN5O4S3/c1-25(2)32(27,28)16-10-14(7-8-15(16)29-3)21-17(26)11-30-19-24-23-18(31-19)22-13-6-4-5-12(20)9-13/h4-10H,11H2,1-3H3,(H,21,26)(H,22,23).